The van der Waals surface area contributed by atoms with Gasteiger partial charge in [0.1, 0.15) is 0 Å². The third kappa shape index (κ3) is 29.4. The minimum atomic E-state index is 0.852. The van der Waals surface area contributed by atoms with Crippen LogP contribution in [0.25, 0.3) is 30.4 Å². The van der Waals surface area contributed by atoms with Crippen LogP contribution in [0.5, 0.6) is 0 Å². The molecule has 0 heterocycles. The average molecular weight is 964 g/mol. The highest BCUT2D eigenvalue weighted by Gasteiger charge is 2.24. The number of aryl methyl sites for hydroxylation is 5. The number of rotatable bonds is 18. The van der Waals surface area contributed by atoms with Crippen molar-refractivity contribution < 1.29 is 0 Å². The Kier molecular flexibility index (Phi) is 36.1. The molecule has 1 atom stereocenters. The lowest BCUT2D eigenvalue weighted by Gasteiger charge is -2.30. The second kappa shape index (κ2) is 40.6. The van der Waals surface area contributed by atoms with Gasteiger partial charge in [0.15, 0.2) is 0 Å². The van der Waals surface area contributed by atoms with E-state index in [4.69, 9.17) is 0 Å². The summed E-state index contributed by atoms with van der Waals surface area (Å²) in [7, 11) is 0. The average Bonchev–Trinajstić information content (AvgIpc) is 3.40. The molecule has 7 rings (SSSR count). The Bertz CT molecular complexity index is 2310. The monoisotopic (exact) mass is 963 g/mol. The smallest absolute Gasteiger partial charge is 0.0119 e. The molecular formula is C72H98. The molecular weight excluding hydrogens is 865 g/mol. The summed E-state index contributed by atoms with van der Waals surface area (Å²) in [6.07, 6.45) is 26.2. The van der Waals surface area contributed by atoms with Crippen molar-refractivity contribution in [2.45, 2.75) is 159 Å². The van der Waals surface area contributed by atoms with Gasteiger partial charge in [0, 0.05) is 0 Å². The van der Waals surface area contributed by atoms with Crippen LogP contribution in [0.15, 0.2) is 178 Å². The normalized spacial score (nSPS) is 11.4. The van der Waals surface area contributed by atoms with Gasteiger partial charge in [-0.15, -0.1) is 0 Å². The topological polar surface area (TPSA) is 0 Å². The second-order valence-corrected chi connectivity index (χ2v) is 19.6. The van der Waals surface area contributed by atoms with Gasteiger partial charge >= 0.3 is 0 Å². The van der Waals surface area contributed by atoms with Gasteiger partial charge in [0.05, 0.1) is 0 Å². The molecule has 0 fully saturated rings. The lowest BCUT2D eigenvalue weighted by Crippen LogP contribution is -2.16. The summed E-state index contributed by atoms with van der Waals surface area (Å²) in [6.45, 7) is 40.5. The summed E-state index contributed by atoms with van der Waals surface area (Å²) < 4.78 is 0. The van der Waals surface area contributed by atoms with Gasteiger partial charge in [-0.2, -0.15) is 0 Å². The van der Waals surface area contributed by atoms with Crippen molar-refractivity contribution in [1.82, 2.24) is 0 Å². The molecule has 6 aromatic carbocycles. The van der Waals surface area contributed by atoms with Gasteiger partial charge in [-0.05, 0) is 126 Å². The molecule has 0 bridgehead atoms. The van der Waals surface area contributed by atoms with E-state index in [1.807, 2.05) is 42.5 Å². The lowest BCUT2D eigenvalue weighted by molar-refractivity contribution is 0.457. The van der Waals surface area contributed by atoms with E-state index >= 15 is 0 Å². The van der Waals surface area contributed by atoms with E-state index in [1.54, 1.807) is 11.1 Å². The van der Waals surface area contributed by atoms with Crippen LogP contribution in [0.4, 0.5) is 0 Å². The first kappa shape index (κ1) is 64.0. The standard InChI is InChI=1S/2C13H18.2C11H14.2C9H10.C6H14/c1-2-3-4-7-11-10-12-8-5-6-9-13(11)12;1-3-5-6-7-13-10-8-12(4-2)9-11-13;1-3-6-11-8-5-7-10(4-2)9-11;1-3-5-11-8-6-10(4-2)7-9-11;1-3-9-6-4-8(2)5-7-9;1-3-9-6-4-5-8(2)7-9;1-5(2)6(3)4/h5-6,8-9,11H,2-4,7,10H2,1H3;4,8-11H,2-3,5-7H2,1H3;4-5,7-9H,2-3,6H2,1H3;4,6-9H,2-3,5H2,1H3;2*3-7H,1H2,2H3;5-6H,1-4H3. The third-order valence-electron chi connectivity index (χ3n) is 12.8. The van der Waals surface area contributed by atoms with Gasteiger partial charge in [-0.25, -0.2) is 0 Å². The molecule has 0 saturated heterocycles. The molecule has 0 aromatic heterocycles. The van der Waals surface area contributed by atoms with Crippen LogP contribution in [-0.4, -0.2) is 0 Å². The Morgan fingerprint density at radius 2 is 0.847 bits per heavy atom. The molecule has 72 heavy (non-hydrogen) atoms. The maximum absolute atomic E-state index is 3.74. The second-order valence-electron chi connectivity index (χ2n) is 19.6. The Balaban J connectivity index is 0.000000425. The predicted octanol–water partition coefficient (Wildman–Crippen LogP) is 22.1. The van der Waals surface area contributed by atoms with Crippen molar-refractivity contribution in [3.05, 3.63) is 245 Å². The molecule has 1 aliphatic carbocycles. The molecule has 1 aliphatic rings. The Hall–Kier alpha value is -5.98. The Morgan fingerprint density at radius 1 is 0.403 bits per heavy atom. The van der Waals surface area contributed by atoms with Crippen molar-refractivity contribution in [2.24, 2.45) is 11.8 Å². The minimum absolute atomic E-state index is 0.852. The SMILES string of the molecule is C=Cc1ccc(C)cc1.C=Cc1ccc(CCC)cc1.C=Cc1ccc(CCCCC)cc1.C=Cc1cccc(C)c1.C=Cc1cccc(CCC)c1.CC(C)C(C)C.CCCCCC1Cc2ccccc21. The zero-order valence-corrected chi connectivity index (χ0v) is 47.2. The van der Waals surface area contributed by atoms with Crippen LogP contribution in [0.2, 0.25) is 0 Å². The number of hydrogen-bond acceptors (Lipinski definition) is 0. The van der Waals surface area contributed by atoms with Gasteiger partial charge < -0.3 is 0 Å². The van der Waals surface area contributed by atoms with E-state index in [0.29, 0.717) is 0 Å². The van der Waals surface area contributed by atoms with E-state index in [9.17, 15) is 0 Å². The molecule has 0 aliphatic heterocycles. The number of benzene rings is 6. The van der Waals surface area contributed by atoms with E-state index < -0.39 is 0 Å². The van der Waals surface area contributed by atoms with Crippen LogP contribution < -0.4 is 0 Å². The predicted molar refractivity (Wildman–Crippen MR) is 330 cm³/mol. The zero-order chi connectivity index (χ0) is 53.4. The minimum Gasteiger partial charge on any atom is -0.0985 e. The van der Waals surface area contributed by atoms with Crippen LogP contribution >= 0.6 is 0 Å². The van der Waals surface area contributed by atoms with Crippen LogP contribution in [0.1, 0.15) is 186 Å². The van der Waals surface area contributed by atoms with Gasteiger partial charge in [0.25, 0.3) is 0 Å². The molecule has 1 unspecified atom stereocenters. The number of unbranched alkanes of at least 4 members (excludes halogenated alkanes) is 4. The van der Waals surface area contributed by atoms with Crippen molar-refractivity contribution in [3.63, 3.8) is 0 Å². The molecule has 386 valence electrons. The van der Waals surface area contributed by atoms with Crippen LogP contribution in [0, 0.1) is 25.7 Å². The fourth-order valence-corrected chi connectivity index (χ4v) is 7.43. The molecule has 0 heteroatoms. The highest BCUT2D eigenvalue weighted by atomic mass is 14.3. The highest BCUT2D eigenvalue weighted by molar-refractivity contribution is 5.50. The van der Waals surface area contributed by atoms with Gasteiger partial charge in [-0.1, -0.05) is 320 Å². The molecule has 0 radical (unpaired) electrons. The van der Waals surface area contributed by atoms with Gasteiger partial charge in [0.2, 0.25) is 0 Å². The van der Waals surface area contributed by atoms with E-state index in [0.717, 1.165) is 17.8 Å². The fraction of sp³-hybridized carbons (Fsp3) is 0.361. The highest BCUT2D eigenvalue weighted by Crippen LogP contribution is 2.38. The quantitative estimate of drug-likeness (QED) is 0.0753. The lowest BCUT2D eigenvalue weighted by atomic mass is 9.75. The summed E-state index contributed by atoms with van der Waals surface area (Å²) in [6, 6.07) is 51.2. The summed E-state index contributed by atoms with van der Waals surface area (Å²) >= 11 is 0. The summed E-state index contributed by atoms with van der Waals surface area (Å²) in [5.74, 6) is 2.60. The first-order chi connectivity index (χ1) is 34.8. The van der Waals surface area contributed by atoms with Crippen molar-refractivity contribution in [1.29, 1.82) is 0 Å². The Morgan fingerprint density at radius 3 is 1.29 bits per heavy atom. The molecule has 0 N–H and O–H groups in total. The fourth-order valence-electron chi connectivity index (χ4n) is 7.43. The molecule has 6 aromatic rings. The molecule has 0 nitrogen and oxygen atoms in total. The number of fused-ring (bicyclic) bond motifs is 1. The third-order valence-corrected chi connectivity index (χ3v) is 12.8. The maximum Gasteiger partial charge on any atom is -0.0119 e. The van der Waals surface area contributed by atoms with Crippen LogP contribution in [0.3, 0.4) is 0 Å². The molecule has 0 amide bonds. The number of hydrogen-bond donors (Lipinski definition) is 0. The summed E-state index contributed by atoms with van der Waals surface area (Å²) in [4.78, 5) is 0. The van der Waals surface area contributed by atoms with Crippen molar-refractivity contribution in [2.75, 3.05) is 0 Å². The zero-order valence-electron chi connectivity index (χ0n) is 47.2. The molecule has 0 saturated carbocycles. The van der Waals surface area contributed by atoms with Crippen LogP contribution in [-0.2, 0) is 25.7 Å². The first-order valence-electron chi connectivity index (χ1n) is 27.4. The Labute approximate surface area is 443 Å². The van der Waals surface area contributed by atoms with E-state index in [2.05, 4.69) is 236 Å². The summed E-state index contributed by atoms with van der Waals surface area (Å²) in [5.41, 5.74) is 16.0. The maximum atomic E-state index is 3.74. The van der Waals surface area contributed by atoms with Crippen molar-refractivity contribution in [3.8, 4) is 0 Å². The summed E-state index contributed by atoms with van der Waals surface area (Å²) in [5, 5.41) is 0. The van der Waals surface area contributed by atoms with E-state index in [-0.39, 0.29) is 0 Å². The first-order valence-corrected chi connectivity index (χ1v) is 27.4. The largest absolute Gasteiger partial charge is 0.0985 e. The van der Waals surface area contributed by atoms with Crippen molar-refractivity contribution >= 4 is 30.4 Å². The van der Waals surface area contributed by atoms with E-state index in [1.165, 1.54) is 139 Å². The molecule has 0 spiro atoms. The van der Waals surface area contributed by atoms with Gasteiger partial charge in [-0.3, -0.25) is 0 Å².